The molecule has 1 amide bonds. The van der Waals surface area contributed by atoms with E-state index in [1.165, 1.54) is 14.2 Å². The molecule has 2 N–H and O–H groups in total. The molecule has 1 aliphatic rings. The minimum atomic E-state index is -0.441. The Balaban J connectivity index is 1.34. The first-order chi connectivity index (χ1) is 17.9. The fraction of sp³-hybridized carbons (Fsp3) is 0.259. The number of hydrogen-bond acceptors (Lipinski definition) is 6. The smallest absolute Gasteiger partial charge is 0.264 e. The molecule has 0 unspecified atom stereocenters. The predicted octanol–water partition coefficient (Wildman–Crippen LogP) is 5.46. The van der Waals surface area contributed by atoms with Crippen LogP contribution in [0, 0.1) is 0 Å². The summed E-state index contributed by atoms with van der Waals surface area (Å²) >= 11 is 18.3. The molecule has 0 spiro atoms. The molecule has 0 aliphatic carbocycles. The van der Waals surface area contributed by atoms with Crippen molar-refractivity contribution in [1.29, 1.82) is 0 Å². The quantitative estimate of drug-likeness (QED) is 0.373. The molecule has 1 heterocycles. The summed E-state index contributed by atoms with van der Waals surface area (Å²) in [6.07, 6.45) is 0. The van der Waals surface area contributed by atoms with Crippen LogP contribution >= 0.6 is 35.4 Å². The maximum absolute atomic E-state index is 12.9. The number of rotatable bonds is 7. The molecule has 3 aromatic carbocycles. The zero-order chi connectivity index (χ0) is 26.4. The van der Waals surface area contributed by atoms with Gasteiger partial charge in [-0.05, 0) is 54.2 Å². The van der Waals surface area contributed by atoms with E-state index < -0.39 is 5.91 Å². The van der Waals surface area contributed by atoms with Crippen molar-refractivity contribution in [3.63, 3.8) is 0 Å². The maximum Gasteiger partial charge on any atom is 0.264 e. The van der Waals surface area contributed by atoms with Gasteiger partial charge in [0.2, 0.25) is 0 Å². The van der Waals surface area contributed by atoms with Gasteiger partial charge in [-0.3, -0.25) is 15.0 Å². The van der Waals surface area contributed by atoms with E-state index in [1.807, 2.05) is 30.3 Å². The molecule has 4 rings (SSSR count). The normalized spacial score (nSPS) is 13.7. The van der Waals surface area contributed by atoms with E-state index in [0.29, 0.717) is 22.2 Å². The van der Waals surface area contributed by atoms with Crippen LogP contribution in [0.25, 0.3) is 0 Å². The van der Waals surface area contributed by atoms with Crippen LogP contribution in [0.15, 0.2) is 60.7 Å². The van der Waals surface area contributed by atoms with Crippen LogP contribution in [0.1, 0.15) is 15.9 Å². The lowest BCUT2D eigenvalue weighted by molar-refractivity contribution is 0.0971. The first-order valence-electron chi connectivity index (χ1n) is 11.7. The topological polar surface area (TPSA) is 66.1 Å². The van der Waals surface area contributed by atoms with Crippen molar-refractivity contribution in [3.05, 3.63) is 81.8 Å². The molecule has 10 heteroatoms. The monoisotopic (exact) mass is 558 g/mol. The van der Waals surface area contributed by atoms with E-state index >= 15 is 0 Å². The molecule has 0 radical (unpaired) electrons. The first kappa shape index (κ1) is 27.0. The number of nitrogens with zero attached hydrogens (tertiary/aromatic N) is 2. The lowest BCUT2D eigenvalue weighted by Gasteiger charge is -2.36. The summed E-state index contributed by atoms with van der Waals surface area (Å²) in [5.41, 5.74) is 3.03. The molecule has 194 valence electrons. The number of benzene rings is 3. The van der Waals surface area contributed by atoms with Crippen LogP contribution in [0.2, 0.25) is 10.0 Å². The average Bonchev–Trinajstić information content (AvgIpc) is 2.90. The SMILES string of the molecule is COc1cccc(OC)c1C(=O)NC(=S)Nc1ccc(N2CCN(Cc3ccccc3Cl)CC2)c(Cl)c1. The fourth-order valence-corrected chi connectivity index (χ4v) is 4.96. The highest BCUT2D eigenvalue weighted by Crippen LogP contribution is 2.31. The molecule has 0 aromatic heterocycles. The maximum atomic E-state index is 12.9. The second-order valence-electron chi connectivity index (χ2n) is 8.47. The minimum absolute atomic E-state index is 0.134. The third kappa shape index (κ3) is 6.64. The van der Waals surface area contributed by atoms with Crippen LogP contribution in [0.5, 0.6) is 11.5 Å². The number of ether oxygens (including phenoxy) is 2. The highest BCUT2D eigenvalue weighted by molar-refractivity contribution is 7.80. The van der Waals surface area contributed by atoms with Crippen molar-refractivity contribution in [2.75, 3.05) is 50.6 Å². The molecule has 7 nitrogen and oxygen atoms in total. The fourth-order valence-electron chi connectivity index (χ4n) is 4.26. The summed E-state index contributed by atoms with van der Waals surface area (Å²) in [6, 6.07) is 18.7. The largest absolute Gasteiger partial charge is 0.496 e. The second-order valence-corrected chi connectivity index (χ2v) is 9.69. The first-order valence-corrected chi connectivity index (χ1v) is 12.9. The second kappa shape index (κ2) is 12.5. The highest BCUT2D eigenvalue weighted by Gasteiger charge is 2.21. The van der Waals surface area contributed by atoms with E-state index in [-0.39, 0.29) is 10.7 Å². The van der Waals surface area contributed by atoms with Gasteiger partial charge >= 0.3 is 0 Å². The number of hydrogen-bond donors (Lipinski definition) is 2. The number of amides is 1. The summed E-state index contributed by atoms with van der Waals surface area (Å²) in [6.45, 7) is 4.35. The molecule has 1 fully saturated rings. The Kier molecular flexibility index (Phi) is 9.10. The van der Waals surface area contributed by atoms with Gasteiger partial charge in [-0.2, -0.15) is 0 Å². The minimum Gasteiger partial charge on any atom is -0.496 e. The van der Waals surface area contributed by atoms with E-state index in [1.54, 1.807) is 24.3 Å². The number of nitrogens with one attached hydrogen (secondary N) is 2. The number of methoxy groups -OCH3 is 2. The van der Waals surface area contributed by atoms with E-state index in [4.69, 9.17) is 44.9 Å². The van der Waals surface area contributed by atoms with Gasteiger partial charge in [-0.25, -0.2) is 0 Å². The number of halogens is 2. The van der Waals surface area contributed by atoms with Crippen LogP contribution in [0.3, 0.4) is 0 Å². The molecule has 1 aliphatic heterocycles. The summed E-state index contributed by atoms with van der Waals surface area (Å²) in [4.78, 5) is 17.5. The average molecular weight is 560 g/mol. The van der Waals surface area contributed by atoms with Crippen LogP contribution < -0.4 is 25.0 Å². The molecule has 37 heavy (non-hydrogen) atoms. The van der Waals surface area contributed by atoms with Crippen molar-refractivity contribution in [2.24, 2.45) is 0 Å². The van der Waals surface area contributed by atoms with Gasteiger partial charge in [0.05, 0.1) is 24.9 Å². The van der Waals surface area contributed by atoms with Gasteiger partial charge in [0.15, 0.2) is 5.11 Å². The van der Waals surface area contributed by atoms with E-state index in [9.17, 15) is 4.79 Å². The third-order valence-electron chi connectivity index (χ3n) is 6.15. The number of carbonyl (C=O) groups is 1. The molecule has 1 saturated heterocycles. The molecule has 3 aromatic rings. The molecular formula is C27H28Cl2N4O3S. The van der Waals surface area contributed by atoms with Crippen molar-refractivity contribution >= 4 is 57.8 Å². The van der Waals surface area contributed by atoms with Crippen LogP contribution in [-0.4, -0.2) is 56.3 Å². The number of piperazine rings is 1. The molecule has 0 bridgehead atoms. The summed E-state index contributed by atoms with van der Waals surface area (Å²) in [7, 11) is 2.98. The van der Waals surface area contributed by atoms with Crippen LogP contribution in [0.4, 0.5) is 11.4 Å². The predicted molar refractivity (Wildman–Crippen MR) is 154 cm³/mol. The number of thiocarbonyl (C=S) groups is 1. The molecule has 0 saturated carbocycles. The lowest BCUT2D eigenvalue weighted by atomic mass is 10.1. The third-order valence-corrected chi connectivity index (χ3v) is 7.03. The van der Waals surface area contributed by atoms with Gasteiger partial charge in [0.25, 0.3) is 5.91 Å². The lowest BCUT2D eigenvalue weighted by Crippen LogP contribution is -2.46. The summed E-state index contributed by atoms with van der Waals surface area (Å²) in [5.74, 6) is 0.335. The molecule has 0 atom stereocenters. The summed E-state index contributed by atoms with van der Waals surface area (Å²) < 4.78 is 10.6. The van der Waals surface area contributed by atoms with Crippen molar-refractivity contribution in [2.45, 2.75) is 6.54 Å². The highest BCUT2D eigenvalue weighted by atomic mass is 35.5. The standard InChI is InChI=1S/C27H28Cl2N4O3S/c1-35-23-8-5-9-24(36-2)25(23)26(34)31-27(37)30-19-10-11-22(21(29)16-19)33-14-12-32(13-15-33)17-18-6-3-4-7-20(18)28/h3-11,16H,12-15,17H2,1-2H3,(H2,30,31,34,37). The van der Waals surface area contributed by atoms with Gasteiger partial charge in [0, 0.05) is 43.4 Å². The van der Waals surface area contributed by atoms with Crippen molar-refractivity contribution in [3.8, 4) is 11.5 Å². The Morgan fingerprint density at radius 2 is 1.59 bits per heavy atom. The number of anilines is 2. The van der Waals surface area contributed by atoms with E-state index in [2.05, 4.69) is 26.5 Å². The molecular weight excluding hydrogens is 531 g/mol. The number of carbonyl (C=O) groups excluding carboxylic acids is 1. The Hall–Kier alpha value is -3.04. The van der Waals surface area contributed by atoms with Crippen LogP contribution in [-0.2, 0) is 6.54 Å². The zero-order valence-electron chi connectivity index (χ0n) is 20.6. The Morgan fingerprint density at radius 3 is 2.22 bits per heavy atom. The van der Waals surface area contributed by atoms with Gasteiger partial charge in [0.1, 0.15) is 17.1 Å². The van der Waals surface area contributed by atoms with Gasteiger partial charge < -0.3 is 19.7 Å². The summed E-state index contributed by atoms with van der Waals surface area (Å²) in [5, 5.41) is 7.23. The van der Waals surface area contributed by atoms with E-state index in [0.717, 1.165) is 49.0 Å². The van der Waals surface area contributed by atoms with Crippen molar-refractivity contribution in [1.82, 2.24) is 10.2 Å². The Bertz CT molecular complexity index is 1260. The Morgan fingerprint density at radius 1 is 0.919 bits per heavy atom. The Labute approximate surface area is 232 Å². The van der Waals surface area contributed by atoms with Crippen molar-refractivity contribution < 1.29 is 14.3 Å². The zero-order valence-corrected chi connectivity index (χ0v) is 22.9. The van der Waals surface area contributed by atoms with Gasteiger partial charge in [-0.1, -0.05) is 47.5 Å². The van der Waals surface area contributed by atoms with Gasteiger partial charge in [-0.15, -0.1) is 0 Å².